The van der Waals surface area contributed by atoms with Crippen molar-refractivity contribution in [2.75, 3.05) is 18.6 Å². The number of nitrogens with one attached hydrogen (secondary N) is 1. The molecule has 1 aliphatic rings. The smallest absolute Gasteiger partial charge is 0.296 e. The molecule has 4 rings (SSSR count). The molecule has 2 aromatic carbocycles. The van der Waals surface area contributed by atoms with Gasteiger partial charge in [-0.25, -0.2) is 0 Å². The van der Waals surface area contributed by atoms with Gasteiger partial charge in [0.25, 0.3) is 11.6 Å². The number of aromatic nitrogens is 2. The zero-order valence-electron chi connectivity index (χ0n) is 12.9. The van der Waals surface area contributed by atoms with E-state index in [1.165, 1.54) is 23.6 Å². The van der Waals surface area contributed by atoms with Crippen LogP contribution in [0.1, 0.15) is 11.3 Å². The fourth-order valence-corrected chi connectivity index (χ4v) is 3.20. The standard InChI is InChI=1S/C18H17N3O2/c1-23-18-19-15-11-21(10-9-14(15)17(22)20-18)16-8-4-6-12-5-2-3-7-13(12)16/h2-8H,9-11H2,1H3,(H,19,20,22). The molecule has 0 unspecified atom stereocenters. The summed E-state index contributed by atoms with van der Waals surface area (Å²) in [6.45, 7) is 1.42. The number of anilines is 1. The Bertz CT molecular complexity index is 928. The summed E-state index contributed by atoms with van der Waals surface area (Å²) in [5.74, 6) is 0. The van der Waals surface area contributed by atoms with Crippen LogP contribution in [0.2, 0.25) is 0 Å². The third kappa shape index (κ3) is 2.34. The minimum Gasteiger partial charge on any atom is -0.468 e. The van der Waals surface area contributed by atoms with Gasteiger partial charge >= 0.3 is 0 Å². The summed E-state index contributed by atoms with van der Waals surface area (Å²) >= 11 is 0. The first kappa shape index (κ1) is 13.8. The first-order chi connectivity index (χ1) is 11.3. The summed E-state index contributed by atoms with van der Waals surface area (Å²) in [5, 5.41) is 2.43. The predicted octanol–water partition coefficient (Wildman–Crippen LogP) is 2.49. The second-order valence-corrected chi connectivity index (χ2v) is 5.67. The lowest BCUT2D eigenvalue weighted by atomic mass is 10.0. The van der Waals surface area contributed by atoms with Gasteiger partial charge in [0.2, 0.25) is 0 Å². The van der Waals surface area contributed by atoms with Crippen LogP contribution in [0.4, 0.5) is 5.69 Å². The lowest BCUT2D eigenvalue weighted by Crippen LogP contribution is -2.35. The van der Waals surface area contributed by atoms with E-state index in [4.69, 9.17) is 4.74 Å². The van der Waals surface area contributed by atoms with Crippen LogP contribution < -0.4 is 15.2 Å². The third-order valence-electron chi connectivity index (χ3n) is 4.35. The van der Waals surface area contributed by atoms with Gasteiger partial charge in [0, 0.05) is 23.2 Å². The van der Waals surface area contributed by atoms with Crippen molar-refractivity contribution in [2.45, 2.75) is 13.0 Å². The lowest BCUT2D eigenvalue weighted by molar-refractivity contribution is 0.374. The van der Waals surface area contributed by atoms with Gasteiger partial charge in [-0.1, -0.05) is 36.4 Å². The third-order valence-corrected chi connectivity index (χ3v) is 4.35. The van der Waals surface area contributed by atoms with E-state index in [1.807, 2.05) is 6.07 Å². The molecule has 0 saturated carbocycles. The highest BCUT2D eigenvalue weighted by Crippen LogP contribution is 2.29. The van der Waals surface area contributed by atoms with Crippen LogP contribution in [0.25, 0.3) is 10.8 Å². The van der Waals surface area contributed by atoms with E-state index in [-0.39, 0.29) is 11.6 Å². The summed E-state index contributed by atoms with van der Waals surface area (Å²) in [4.78, 5) is 21.5. The molecular formula is C18H17N3O2. The zero-order valence-corrected chi connectivity index (χ0v) is 12.9. The van der Waals surface area contributed by atoms with Gasteiger partial charge in [-0.15, -0.1) is 0 Å². The second-order valence-electron chi connectivity index (χ2n) is 5.67. The van der Waals surface area contributed by atoms with Crippen molar-refractivity contribution >= 4 is 16.5 Å². The SMILES string of the molecule is COc1nc2c(c(=O)[nH]1)CCN(c1cccc3ccccc13)C2. The van der Waals surface area contributed by atoms with Crippen LogP contribution in [0.3, 0.4) is 0 Å². The molecule has 0 radical (unpaired) electrons. The Morgan fingerprint density at radius 2 is 2.00 bits per heavy atom. The number of rotatable bonds is 2. The van der Waals surface area contributed by atoms with Crippen LogP contribution >= 0.6 is 0 Å². The van der Waals surface area contributed by atoms with Gasteiger partial charge in [0.1, 0.15) is 0 Å². The molecule has 116 valence electrons. The Morgan fingerprint density at radius 3 is 2.87 bits per heavy atom. The number of fused-ring (bicyclic) bond motifs is 2. The van der Waals surface area contributed by atoms with Gasteiger partial charge in [-0.05, 0) is 17.9 Å². The first-order valence-electron chi connectivity index (χ1n) is 7.65. The number of hydrogen-bond acceptors (Lipinski definition) is 4. The van der Waals surface area contributed by atoms with Crippen LogP contribution in [0, 0.1) is 0 Å². The highest BCUT2D eigenvalue weighted by Gasteiger charge is 2.22. The molecule has 0 saturated heterocycles. The summed E-state index contributed by atoms with van der Waals surface area (Å²) in [7, 11) is 1.51. The highest BCUT2D eigenvalue weighted by molar-refractivity contribution is 5.94. The summed E-state index contributed by atoms with van der Waals surface area (Å²) in [6, 6.07) is 14.9. The van der Waals surface area contributed by atoms with Crippen molar-refractivity contribution in [1.29, 1.82) is 0 Å². The Kier molecular flexibility index (Phi) is 3.26. The zero-order chi connectivity index (χ0) is 15.8. The molecule has 0 atom stereocenters. The molecule has 23 heavy (non-hydrogen) atoms. The van der Waals surface area contributed by atoms with E-state index < -0.39 is 0 Å². The van der Waals surface area contributed by atoms with Crippen molar-refractivity contribution < 1.29 is 4.74 Å². The van der Waals surface area contributed by atoms with Gasteiger partial charge in [-0.3, -0.25) is 9.78 Å². The van der Waals surface area contributed by atoms with E-state index in [0.29, 0.717) is 13.0 Å². The van der Waals surface area contributed by atoms with Crippen LogP contribution in [0.15, 0.2) is 47.3 Å². The van der Waals surface area contributed by atoms with Crippen molar-refractivity contribution in [1.82, 2.24) is 9.97 Å². The maximum Gasteiger partial charge on any atom is 0.296 e. The minimum atomic E-state index is -0.0931. The fourth-order valence-electron chi connectivity index (χ4n) is 3.20. The molecule has 5 heteroatoms. The number of methoxy groups -OCH3 is 1. The Hall–Kier alpha value is -2.82. The van der Waals surface area contributed by atoms with Gasteiger partial charge < -0.3 is 9.64 Å². The number of nitrogens with zero attached hydrogens (tertiary/aromatic N) is 2. The topological polar surface area (TPSA) is 58.2 Å². The molecule has 1 N–H and O–H groups in total. The van der Waals surface area contributed by atoms with E-state index in [1.54, 1.807) is 0 Å². The van der Waals surface area contributed by atoms with E-state index in [2.05, 4.69) is 51.3 Å². The number of H-pyrrole nitrogens is 1. The summed E-state index contributed by atoms with van der Waals surface area (Å²) in [6.07, 6.45) is 0.685. The molecule has 0 amide bonds. The Balaban J connectivity index is 1.78. The van der Waals surface area contributed by atoms with Crippen LogP contribution in [-0.4, -0.2) is 23.6 Å². The quantitative estimate of drug-likeness (QED) is 0.790. The molecule has 0 spiro atoms. The normalized spacial score (nSPS) is 13.9. The molecule has 2 heterocycles. The molecule has 5 nitrogen and oxygen atoms in total. The Morgan fingerprint density at radius 1 is 1.17 bits per heavy atom. The van der Waals surface area contributed by atoms with E-state index in [0.717, 1.165) is 17.8 Å². The van der Waals surface area contributed by atoms with E-state index in [9.17, 15) is 4.79 Å². The second kappa shape index (κ2) is 5.43. The average Bonchev–Trinajstić information content (AvgIpc) is 2.60. The summed E-state index contributed by atoms with van der Waals surface area (Å²) < 4.78 is 5.09. The van der Waals surface area contributed by atoms with Gasteiger partial charge in [0.15, 0.2) is 0 Å². The van der Waals surface area contributed by atoms with Crippen molar-refractivity contribution in [3.63, 3.8) is 0 Å². The predicted molar refractivity (Wildman–Crippen MR) is 90.1 cm³/mol. The monoisotopic (exact) mass is 307 g/mol. The lowest BCUT2D eigenvalue weighted by Gasteiger charge is -2.30. The molecular weight excluding hydrogens is 290 g/mol. The molecule has 3 aromatic rings. The van der Waals surface area contributed by atoms with Crippen molar-refractivity contribution in [3.05, 3.63) is 64.1 Å². The van der Waals surface area contributed by atoms with E-state index >= 15 is 0 Å². The first-order valence-corrected chi connectivity index (χ1v) is 7.65. The van der Waals surface area contributed by atoms with Crippen LogP contribution in [-0.2, 0) is 13.0 Å². The van der Waals surface area contributed by atoms with Crippen molar-refractivity contribution in [3.8, 4) is 6.01 Å². The maximum absolute atomic E-state index is 12.1. The van der Waals surface area contributed by atoms with Gasteiger partial charge in [-0.2, -0.15) is 4.98 Å². The molecule has 0 bridgehead atoms. The summed E-state index contributed by atoms with van der Waals surface area (Å²) in [5.41, 5.74) is 2.64. The Labute approximate surface area is 133 Å². The molecule has 0 fully saturated rings. The molecule has 1 aromatic heterocycles. The average molecular weight is 307 g/mol. The highest BCUT2D eigenvalue weighted by atomic mass is 16.5. The van der Waals surface area contributed by atoms with Crippen molar-refractivity contribution in [2.24, 2.45) is 0 Å². The molecule has 0 aliphatic carbocycles. The number of hydrogen-bond donors (Lipinski definition) is 1. The number of aromatic amines is 1. The fraction of sp³-hybridized carbons (Fsp3) is 0.222. The minimum absolute atomic E-state index is 0.0931. The maximum atomic E-state index is 12.1. The number of ether oxygens (including phenoxy) is 1. The van der Waals surface area contributed by atoms with Gasteiger partial charge in [0.05, 0.1) is 19.3 Å². The van der Waals surface area contributed by atoms with Crippen LogP contribution in [0.5, 0.6) is 6.01 Å². The molecule has 1 aliphatic heterocycles. The largest absolute Gasteiger partial charge is 0.468 e. The number of benzene rings is 2.